The summed E-state index contributed by atoms with van der Waals surface area (Å²) in [4.78, 5) is 16.9. The molecule has 128 valence electrons. The van der Waals surface area contributed by atoms with E-state index in [1.54, 1.807) is 17.4 Å². The molecule has 2 fully saturated rings. The van der Waals surface area contributed by atoms with Crippen LogP contribution in [0, 0.1) is 0 Å². The lowest BCUT2D eigenvalue weighted by Gasteiger charge is -2.19. The Hall–Kier alpha value is -1.69. The van der Waals surface area contributed by atoms with E-state index >= 15 is 0 Å². The molecule has 0 saturated heterocycles. The molecule has 0 atom stereocenters. The minimum absolute atomic E-state index is 0.182. The van der Waals surface area contributed by atoms with Crippen molar-refractivity contribution in [1.29, 1.82) is 0 Å². The van der Waals surface area contributed by atoms with E-state index in [4.69, 9.17) is 9.51 Å². The van der Waals surface area contributed by atoms with E-state index in [-0.39, 0.29) is 5.91 Å². The van der Waals surface area contributed by atoms with Gasteiger partial charge in [0, 0.05) is 36.2 Å². The molecule has 0 bridgehead atoms. The van der Waals surface area contributed by atoms with Gasteiger partial charge in [-0.15, -0.1) is 11.3 Å². The zero-order valence-electron chi connectivity index (χ0n) is 13.8. The van der Waals surface area contributed by atoms with Crippen molar-refractivity contribution in [2.45, 2.75) is 63.2 Å². The molecule has 0 spiro atoms. The lowest BCUT2D eigenvalue weighted by molar-refractivity contribution is 0.0917. The molecule has 4 rings (SSSR count). The second kappa shape index (κ2) is 7.05. The van der Waals surface area contributed by atoms with Crippen LogP contribution in [0.3, 0.4) is 0 Å². The Morgan fingerprint density at radius 2 is 1.96 bits per heavy atom. The molecule has 0 unspecified atom stereocenters. The number of amides is 1. The van der Waals surface area contributed by atoms with E-state index < -0.39 is 0 Å². The van der Waals surface area contributed by atoms with Gasteiger partial charge in [-0.3, -0.25) is 4.79 Å². The van der Waals surface area contributed by atoms with Crippen molar-refractivity contribution in [1.82, 2.24) is 15.5 Å². The molecule has 24 heavy (non-hydrogen) atoms. The van der Waals surface area contributed by atoms with Crippen LogP contribution in [-0.4, -0.2) is 22.6 Å². The van der Waals surface area contributed by atoms with Crippen LogP contribution in [0.5, 0.6) is 0 Å². The van der Waals surface area contributed by atoms with Gasteiger partial charge >= 0.3 is 0 Å². The summed E-state index contributed by atoms with van der Waals surface area (Å²) >= 11 is 1.71. The number of carbonyl (C=O) groups excluding carboxylic acids is 1. The van der Waals surface area contributed by atoms with Crippen LogP contribution in [0.25, 0.3) is 0 Å². The Bertz CT molecular complexity index is 699. The van der Waals surface area contributed by atoms with Crippen LogP contribution in [0.4, 0.5) is 0 Å². The molecular weight excluding hydrogens is 322 g/mol. The third-order valence-electron chi connectivity index (χ3n) is 4.97. The van der Waals surface area contributed by atoms with Gasteiger partial charge in [-0.25, -0.2) is 4.98 Å². The molecule has 2 aromatic heterocycles. The normalized spacial score (nSPS) is 18.7. The van der Waals surface area contributed by atoms with Gasteiger partial charge in [0.15, 0.2) is 0 Å². The average Bonchev–Trinajstić information content (AvgIpc) is 3.16. The molecule has 2 aliphatic carbocycles. The summed E-state index contributed by atoms with van der Waals surface area (Å²) < 4.78 is 5.14. The first kappa shape index (κ1) is 15.8. The van der Waals surface area contributed by atoms with Gasteiger partial charge in [-0.2, -0.15) is 0 Å². The minimum Gasteiger partial charge on any atom is -0.351 e. The molecular formula is C18H23N3O2S. The van der Waals surface area contributed by atoms with Crippen molar-refractivity contribution >= 4 is 17.2 Å². The van der Waals surface area contributed by atoms with Crippen LogP contribution < -0.4 is 5.32 Å². The molecule has 2 aliphatic rings. The van der Waals surface area contributed by atoms with E-state index in [0.29, 0.717) is 24.1 Å². The van der Waals surface area contributed by atoms with Gasteiger partial charge in [0.05, 0.1) is 16.4 Å². The maximum absolute atomic E-state index is 12.1. The highest BCUT2D eigenvalue weighted by Crippen LogP contribution is 2.39. The second-order valence-electron chi connectivity index (χ2n) is 6.90. The zero-order chi connectivity index (χ0) is 16.4. The molecule has 1 amide bonds. The van der Waals surface area contributed by atoms with Crippen molar-refractivity contribution in [2.75, 3.05) is 6.54 Å². The molecule has 2 aromatic rings. The SMILES string of the molecule is O=C(NCCc1nc(C2CCCCC2)cs1)c1cc(C2CC2)no1. The fraction of sp³-hybridized carbons (Fsp3) is 0.611. The Kier molecular flexibility index (Phi) is 4.65. The van der Waals surface area contributed by atoms with Gasteiger partial charge < -0.3 is 9.84 Å². The van der Waals surface area contributed by atoms with E-state index in [9.17, 15) is 4.79 Å². The van der Waals surface area contributed by atoms with Gasteiger partial charge in [-0.05, 0) is 25.7 Å². The van der Waals surface area contributed by atoms with Gasteiger partial charge in [0.2, 0.25) is 5.76 Å². The first-order chi connectivity index (χ1) is 11.8. The molecule has 6 heteroatoms. The van der Waals surface area contributed by atoms with Crippen LogP contribution in [0.15, 0.2) is 16.0 Å². The van der Waals surface area contributed by atoms with Crippen molar-refractivity contribution in [2.24, 2.45) is 0 Å². The summed E-state index contributed by atoms with van der Waals surface area (Å²) in [6, 6.07) is 1.78. The highest BCUT2D eigenvalue weighted by Gasteiger charge is 2.28. The number of thiazole rings is 1. The highest BCUT2D eigenvalue weighted by molar-refractivity contribution is 7.09. The maximum Gasteiger partial charge on any atom is 0.289 e. The topological polar surface area (TPSA) is 68.0 Å². The predicted molar refractivity (Wildman–Crippen MR) is 92.5 cm³/mol. The summed E-state index contributed by atoms with van der Waals surface area (Å²) in [6.07, 6.45) is 9.64. The Labute approximate surface area is 145 Å². The number of carbonyl (C=O) groups is 1. The third kappa shape index (κ3) is 3.69. The fourth-order valence-electron chi connectivity index (χ4n) is 3.36. The lowest BCUT2D eigenvalue weighted by Crippen LogP contribution is -2.25. The summed E-state index contributed by atoms with van der Waals surface area (Å²) in [6.45, 7) is 0.579. The van der Waals surface area contributed by atoms with Crippen molar-refractivity contribution in [3.05, 3.63) is 33.6 Å². The number of hydrogen-bond donors (Lipinski definition) is 1. The first-order valence-electron chi connectivity index (χ1n) is 8.98. The monoisotopic (exact) mass is 345 g/mol. The average molecular weight is 345 g/mol. The standard InChI is InChI=1S/C18H23N3O2S/c22-18(16-10-14(21-23-16)13-6-7-13)19-9-8-17-20-15(11-24-17)12-4-2-1-3-5-12/h10-13H,1-9H2,(H,19,22). The summed E-state index contributed by atoms with van der Waals surface area (Å²) in [5, 5.41) is 10.2. The molecule has 2 saturated carbocycles. The first-order valence-corrected chi connectivity index (χ1v) is 9.86. The van der Waals surface area contributed by atoms with Crippen molar-refractivity contribution in [3.63, 3.8) is 0 Å². The molecule has 1 N–H and O–H groups in total. The van der Waals surface area contributed by atoms with E-state index in [1.165, 1.54) is 37.8 Å². The number of hydrogen-bond acceptors (Lipinski definition) is 5. The Morgan fingerprint density at radius 1 is 1.17 bits per heavy atom. The number of nitrogens with zero attached hydrogens (tertiary/aromatic N) is 2. The third-order valence-corrected chi connectivity index (χ3v) is 5.89. The lowest BCUT2D eigenvalue weighted by atomic mass is 9.87. The molecule has 2 heterocycles. The van der Waals surface area contributed by atoms with Crippen molar-refractivity contribution < 1.29 is 9.32 Å². The Morgan fingerprint density at radius 3 is 2.75 bits per heavy atom. The molecule has 0 aromatic carbocycles. The largest absolute Gasteiger partial charge is 0.351 e. The predicted octanol–water partition coefficient (Wildman–Crippen LogP) is 4.03. The molecule has 0 aliphatic heterocycles. The van der Waals surface area contributed by atoms with E-state index in [0.717, 1.165) is 30.0 Å². The van der Waals surface area contributed by atoms with E-state index in [1.807, 2.05) is 0 Å². The van der Waals surface area contributed by atoms with Crippen LogP contribution >= 0.6 is 11.3 Å². The van der Waals surface area contributed by atoms with Crippen LogP contribution in [-0.2, 0) is 6.42 Å². The number of nitrogens with one attached hydrogen (secondary N) is 1. The highest BCUT2D eigenvalue weighted by atomic mass is 32.1. The quantitative estimate of drug-likeness (QED) is 0.858. The molecule has 5 nitrogen and oxygen atoms in total. The maximum atomic E-state index is 12.1. The van der Waals surface area contributed by atoms with Crippen LogP contribution in [0.1, 0.15) is 83.7 Å². The Balaban J connectivity index is 1.25. The minimum atomic E-state index is -0.182. The van der Waals surface area contributed by atoms with Gasteiger partial charge in [0.1, 0.15) is 0 Å². The van der Waals surface area contributed by atoms with Crippen LogP contribution in [0.2, 0.25) is 0 Å². The number of aromatic nitrogens is 2. The second-order valence-corrected chi connectivity index (χ2v) is 7.84. The van der Waals surface area contributed by atoms with Gasteiger partial charge in [-0.1, -0.05) is 24.4 Å². The fourth-order valence-corrected chi connectivity index (χ4v) is 4.24. The van der Waals surface area contributed by atoms with Gasteiger partial charge in [0.25, 0.3) is 5.91 Å². The molecule has 0 radical (unpaired) electrons. The van der Waals surface area contributed by atoms with Crippen molar-refractivity contribution in [3.8, 4) is 0 Å². The van der Waals surface area contributed by atoms with E-state index in [2.05, 4.69) is 15.9 Å². The number of rotatable bonds is 6. The summed E-state index contributed by atoms with van der Waals surface area (Å²) in [5.74, 6) is 1.29. The smallest absolute Gasteiger partial charge is 0.289 e. The summed E-state index contributed by atoms with van der Waals surface area (Å²) in [5.41, 5.74) is 2.17. The zero-order valence-corrected chi connectivity index (χ0v) is 14.6. The summed E-state index contributed by atoms with van der Waals surface area (Å²) in [7, 11) is 0.